The molecule has 0 saturated carbocycles. The lowest BCUT2D eigenvalue weighted by molar-refractivity contribution is -0.115. The number of carbonyl (C=O) groups is 2. The minimum atomic E-state index is -0.329. The van der Waals surface area contributed by atoms with Crippen molar-refractivity contribution in [1.29, 1.82) is 0 Å². The number of hydrogen-bond acceptors (Lipinski definition) is 6. The first-order valence-electron chi connectivity index (χ1n) is 9.35. The quantitative estimate of drug-likeness (QED) is 0.434. The van der Waals surface area contributed by atoms with Crippen molar-refractivity contribution < 1.29 is 9.59 Å². The van der Waals surface area contributed by atoms with Gasteiger partial charge in [-0.25, -0.2) is 14.6 Å². The van der Waals surface area contributed by atoms with Gasteiger partial charge in [-0.1, -0.05) is 17.8 Å². The predicted molar refractivity (Wildman–Crippen MR) is 118 cm³/mol. The van der Waals surface area contributed by atoms with Crippen LogP contribution in [0, 0.1) is 0 Å². The molecule has 4 aromatic rings. The molecule has 31 heavy (non-hydrogen) atoms. The first kappa shape index (κ1) is 20.4. The summed E-state index contributed by atoms with van der Waals surface area (Å²) in [6.07, 6.45) is 8.53. The number of rotatable bonds is 7. The number of imidazole rings is 1. The molecule has 10 heteroatoms. The first-order valence-corrected chi connectivity index (χ1v) is 10.6. The minimum Gasteiger partial charge on any atom is -0.343 e. The van der Waals surface area contributed by atoms with Crippen molar-refractivity contribution in [2.75, 3.05) is 18.1 Å². The molecule has 0 radical (unpaired) electrons. The second kappa shape index (κ2) is 9.26. The van der Waals surface area contributed by atoms with Gasteiger partial charge >= 0.3 is 0 Å². The van der Waals surface area contributed by atoms with E-state index in [1.807, 2.05) is 35.2 Å². The van der Waals surface area contributed by atoms with Gasteiger partial charge in [-0.05, 0) is 48.7 Å². The van der Waals surface area contributed by atoms with Crippen LogP contribution < -0.4 is 10.6 Å². The number of carbonyl (C=O) groups excluding carboxylic acids is 2. The third kappa shape index (κ3) is 4.81. The topological polar surface area (TPSA) is 107 Å². The van der Waals surface area contributed by atoms with Crippen LogP contribution in [0.3, 0.4) is 0 Å². The maximum atomic E-state index is 12.5. The molecule has 4 rings (SSSR count). The smallest absolute Gasteiger partial charge is 0.251 e. The lowest BCUT2D eigenvalue weighted by Crippen LogP contribution is -2.32. The average molecular weight is 433 g/mol. The molecular weight excluding hydrogens is 414 g/mol. The third-order valence-electron chi connectivity index (χ3n) is 4.42. The minimum absolute atomic E-state index is 0.144. The Bertz CT molecular complexity index is 1190. The van der Waals surface area contributed by atoms with Crippen LogP contribution in [0.4, 0.5) is 5.69 Å². The van der Waals surface area contributed by atoms with Crippen molar-refractivity contribution in [1.82, 2.24) is 29.6 Å². The number of hydrogen-bond donors (Lipinski definition) is 2. The van der Waals surface area contributed by atoms with Gasteiger partial charge in [0.15, 0.2) is 5.16 Å². The highest BCUT2D eigenvalue weighted by atomic mass is 32.2. The Morgan fingerprint density at radius 3 is 2.68 bits per heavy atom. The third-order valence-corrected chi connectivity index (χ3v) is 5.09. The Morgan fingerprint density at radius 2 is 1.94 bits per heavy atom. The zero-order chi connectivity index (χ0) is 21.6. The first-order chi connectivity index (χ1) is 15.1. The molecule has 156 valence electrons. The van der Waals surface area contributed by atoms with Crippen molar-refractivity contribution in [2.45, 2.75) is 5.16 Å². The second-order valence-electron chi connectivity index (χ2n) is 6.45. The van der Waals surface area contributed by atoms with Crippen LogP contribution in [0.2, 0.25) is 0 Å². The highest BCUT2D eigenvalue weighted by molar-refractivity contribution is 7.98. The zero-order valence-corrected chi connectivity index (χ0v) is 17.4. The van der Waals surface area contributed by atoms with Crippen LogP contribution in [0.25, 0.3) is 11.4 Å². The van der Waals surface area contributed by atoms with Crippen LogP contribution in [-0.4, -0.2) is 48.9 Å². The van der Waals surface area contributed by atoms with Gasteiger partial charge in [0.1, 0.15) is 12.7 Å². The summed E-state index contributed by atoms with van der Waals surface area (Å²) in [6.45, 7) is -0.144. The zero-order valence-electron chi connectivity index (χ0n) is 16.6. The second-order valence-corrected chi connectivity index (χ2v) is 7.23. The van der Waals surface area contributed by atoms with Gasteiger partial charge in [-0.15, -0.1) is 0 Å². The Balaban J connectivity index is 1.34. The molecule has 0 fully saturated rings. The van der Waals surface area contributed by atoms with Crippen LogP contribution in [0.15, 0.2) is 78.7 Å². The molecule has 0 aliphatic rings. The van der Waals surface area contributed by atoms with Gasteiger partial charge in [0.2, 0.25) is 5.91 Å². The van der Waals surface area contributed by atoms with Gasteiger partial charge in [0.25, 0.3) is 5.91 Å². The number of anilines is 1. The number of benzene rings is 2. The van der Waals surface area contributed by atoms with E-state index >= 15 is 0 Å². The summed E-state index contributed by atoms with van der Waals surface area (Å²) in [5.74, 6) is -0.651. The summed E-state index contributed by atoms with van der Waals surface area (Å²) in [7, 11) is 0. The maximum absolute atomic E-state index is 12.5. The van der Waals surface area contributed by atoms with Crippen molar-refractivity contribution in [3.8, 4) is 11.4 Å². The molecule has 2 N–H and O–H groups in total. The van der Waals surface area contributed by atoms with Crippen molar-refractivity contribution in [2.24, 2.45) is 0 Å². The van der Waals surface area contributed by atoms with E-state index in [2.05, 4.69) is 25.7 Å². The maximum Gasteiger partial charge on any atom is 0.251 e. The average Bonchev–Trinajstić information content (AvgIpc) is 3.50. The lowest BCUT2D eigenvalue weighted by Gasteiger charge is -2.10. The molecule has 0 saturated heterocycles. The normalized spacial score (nSPS) is 10.6. The van der Waals surface area contributed by atoms with E-state index in [1.165, 1.54) is 18.1 Å². The Morgan fingerprint density at radius 1 is 1.10 bits per heavy atom. The fourth-order valence-corrected chi connectivity index (χ4v) is 3.47. The Hall–Kier alpha value is -3.92. The molecule has 9 nitrogen and oxygen atoms in total. The van der Waals surface area contributed by atoms with Crippen LogP contribution in [0.1, 0.15) is 10.4 Å². The molecule has 0 bridgehead atoms. The lowest BCUT2D eigenvalue weighted by atomic mass is 10.2. The molecule has 2 amide bonds. The summed E-state index contributed by atoms with van der Waals surface area (Å²) in [6, 6.07) is 14.3. The Labute approximate surface area is 182 Å². The Kier molecular flexibility index (Phi) is 6.08. The molecule has 0 aliphatic heterocycles. The molecule has 2 heterocycles. The van der Waals surface area contributed by atoms with E-state index < -0.39 is 0 Å². The molecule has 0 aliphatic carbocycles. The largest absolute Gasteiger partial charge is 0.343 e. The van der Waals surface area contributed by atoms with Gasteiger partial charge in [0, 0.05) is 29.3 Å². The molecule has 2 aromatic heterocycles. The predicted octanol–water partition coefficient (Wildman–Crippen LogP) is 2.54. The van der Waals surface area contributed by atoms with Crippen molar-refractivity contribution >= 4 is 29.3 Å². The number of amides is 2. The van der Waals surface area contributed by atoms with E-state index in [9.17, 15) is 9.59 Å². The molecule has 2 aromatic carbocycles. The summed E-state index contributed by atoms with van der Waals surface area (Å²) < 4.78 is 3.52. The van der Waals surface area contributed by atoms with E-state index in [0.29, 0.717) is 11.3 Å². The van der Waals surface area contributed by atoms with Crippen LogP contribution >= 0.6 is 11.8 Å². The SMILES string of the molecule is CSc1nccn1-c1cccc(C(=O)NCC(=O)Nc2ccc(-n3cncn3)cc2)c1. The summed E-state index contributed by atoms with van der Waals surface area (Å²) >= 11 is 1.52. The molecule has 0 spiro atoms. The van der Waals surface area contributed by atoms with E-state index in [1.54, 1.807) is 47.5 Å². The van der Waals surface area contributed by atoms with Crippen LogP contribution in [-0.2, 0) is 4.79 Å². The van der Waals surface area contributed by atoms with E-state index in [4.69, 9.17) is 0 Å². The standard InChI is InChI=1S/C21H19N7O2S/c1-31-21-23-9-10-27(21)18-4-2-3-15(11-18)20(30)24-12-19(29)26-16-5-7-17(8-6-16)28-14-22-13-25-28/h2-11,13-14H,12H2,1H3,(H,24,30)(H,26,29). The van der Waals surface area contributed by atoms with Crippen molar-refractivity contribution in [3.63, 3.8) is 0 Å². The summed E-state index contributed by atoms with van der Waals surface area (Å²) in [5, 5.41) is 10.3. The fraction of sp³-hybridized carbons (Fsp3) is 0.0952. The van der Waals surface area contributed by atoms with Crippen LogP contribution in [0.5, 0.6) is 0 Å². The molecular formula is C21H19N7O2S. The highest BCUT2D eigenvalue weighted by Crippen LogP contribution is 2.19. The molecule has 0 unspecified atom stereocenters. The number of nitrogens with one attached hydrogen (secondary N) is 2. The number of nitrogens with zero attached hydrogens (tertiary/aromatic N) is 5. The summed E-state index contributed by atoms with van der Waals surface area (Å²) in [4.78, 5) is 32.9. The van der Waals surface area contributed by atoms with Gasteiger partial charge in [-0.3, -0.25) is 14.2 Å². The van der Waals surface area contributed by atoms with Gasteiger partial charge < -0.3 is 10.6 Å². The summed E-state index contributed by atoms with van der Waals surface area (Å²) in [5.41, 5.74) is 2.73. The number of aromatic nitrogens is 5. The number of thioether (sulfide) groups is 1. The van der Waals surface area contributed by atoms with Gasteiger partial charge in [0.05, 0.1) is 12.2 Å². The van der Waals surface area contributed by atoms with Gasteiger partial charge in [-0.2, -0.15) is 5.10 Å². The fourth-order valence-electron chi connectivity index (χ4n) is 2.94. The monoisotopic (exact) mass is 433 g/mol. The van der Waals surface area contributed by atoms with E-state index in [0.717, 1.165) is 16.5 Å². The van der Waals surface area contributed by atoms with E-state index in [-0.39, 0.29) is 18.4 Å². The van der Waals surface area contributed by atoms with Crippen molar-refractivity contribution in [3.05, 3.63) is 79.1 Å². The highest BCUT2D eigenvalue weighted by Gasteiger charge is 2.11. The molecule has 0 atom stereocenters.